The second-order valence-electron chi connectivity index (χ2n) is 8.41. The second-order valence-corrected chi connectivity index (χ2v) is 10.5. The zero-order valence-corrected chi connectivity index (χ0v) is 20.2. The summed E-state index contributed by atoms with van der Waals surface area (Å²) in [6.45, 7) is 5.30. The van der Waals surface area contributed by atoms with Crippen molar-refractivity contribution in [2.75, 3.05) is 29.9 Å². The Morgan fingerprint density at radius 2 is 1.82 bits per heavy atom. The molecule has 2 aromatic carbocycles. The highest BCUT2D eigenvalue weighted by Crippen LogP contribution is 2.31. The third-order valence-corrected chi connectivity index (χ3v) is 8.06. The van der Waals surface area contributed by atoms with Gasteiger partial charge in [0.2, 0.25) is 15.9 Å². The molecule has 1 atom stereocenters. The van der Waals surface area contributed by atoms with Gasteiger partial charge in [0.1, 0.15) is 0 Å². The maximum absolute atomic E-state index is 12.9. The van der Waals surface area contributed by atoms with Crippen LogP contribution in [0, 0.1) is 6.92 Å². The number of likely N-dealkylation sites (tertiary alicyclic amines) is 1. The smallest absolute Gasteiger partial charge is 0.324 e. The Morgan fingerprint density at radius 3 is 2.55 bits per heavy atom. The Morgan fingerprint density at radius 1 is 1.09 bits per heavy atom. The number of rotatable bonds is 5. The van der Waals surface area contributed by atoms with Crippen molar-refractivity contribution in [2.24, 2.45) is 0 Å². The first-order valence-corrected chi connectivity index (χ1v) is 12.8. The van der Waals surface area contributed by atoms with Gasteiger partial charge >= 0.3 is 6.03 Å². The molecule has 8 nitrogen and oxygen atoms in total. The van der Waals surface area contributed by atoms with Crippen LogP contribution < -0.4 is 14.9 Å². The van der Waals surface area contributed by atoms with E-state index in [-0.39, 0.29) is 10.9 Å². The number of carbonyl (C=O) groups excluding carboxylic acids is 2. The molecule has 2 aliphatic heterocycles. The number of benzene rings is 2. The van der Waals surface area contributed by atoms with Crippen LogP contribution in [0.2, 0.25) is 5.02 Å². The molecule has 0 bridgehead atoms. The molecule has 0 aromatic heterocycles. The molecule has 0 saturated carbocycles. The Kier molecular flexibility index (Phi) is 6.65. The van der Waals surface area contributed by atoms with Crippen LogP contribution in [-0.2, 0) is 21.2 Å². The van der Waals surface area contributed by atoms with Crippen molar-refractivity contribution in [3.8, 4) is 0 Å². The molecule has 0 aliphatic carbocycles. The van der Waals surface area contributed by atoms with Gasteiger partial charge < -0.3 is 10.2 Å². The topological polar surface area (TPSA) is 98.8 Å². The Labute approximate surface area is 198 Å². The highest BCUT2D eigenvalue weighted by Gasteiger charge is 2.31. The molecule has 2 heterocycles. The van der Waals surface area contributed by atoms with Crippen LogP contribution >= 0.6 is 11.6 Å². The van der Waals surface area contributed by atoms with Crippen molar-refractivity contribution < 1.29 is 18.0 Å². The number of hydrogen-bond donors (Lipinski definition) is 2. The Bertz CT molecular complexity index is 1190. The maximum Gasteiger partial charge on any atom is 0.324 e. The Balaban J connectivity index is 1.46. The van der Waals surface area contributed by atoms with Crippen LogP contribution in [0.5, 0.6) is 0 Å². The lowest BCUT2D eigenvalue weighted by Crippen LogP contribution is -2.41. The number of hydrogen-bond acceptors (Lipinski definition) is 4. The van der Waals surface area contributed by atoms with Crippen molar-refractivity contribution in [2.45, 2.75) is 44.0 Å². The average molecular weight is 491 g/mol. The van der Waals surface area contributed by atoms with Gasteiger partial charge in [-0.1, -0.05) is 17.7 Å². The van der Waals surface area contributed by atoms with E-state index >= 15 is 0 Å². The quantitative estimate of drug-likeness (QED) is 0.669. The van der Waals surface area contributed by atoms with E-state index in [1.54, 1.807) is 42.2 Å². The molecule has 0 spiro atoms. The number of sulfonamides is 1. The van der Waals surface area contributed by atoms with Crippen LogP contribution in [0.3, 0.4) is 0 Å². The minimum Gasteiger partial charge on any atom is -0.324 e. The minimum absolute atomic E-state index is 0.0263. The highest BCUT2D eigenvalue weighted by atomic mass is 35.5. The molecule has 4 rings (SSSR count). The lowest BCUT2D eigenvalue weighted by Gasteiger charge is -2.24. The lowest BCUT2D eigenvalue weighted by molar-refractivity contribution is -0.117. The fourth-order valence-corrected chi connectivity index (χ4v) is 5.59. The highest BCUT2D eigenvalue weighted by molar-refractivity contribution is 7.89. The van der Waals surface area contributed by atoms with Gasteiger partial charge in [0.05, 0.1) is 10.9 Å². The Hall–Kier alpha value is -2.62. The SMILES string of the molecule is Cc1c(Cl)cccc1NC(=O)[C@@H](C)NS(=O)(=O)c1ccc2c(c1)CCN2C(=O)N1CCCC1. The molecule has 0 radical (unpaired) electrons. The van der Waals surface area contributed by atoms with E-state index in [1.165, 1.54) is 13.0 Å². The van der Waals surface area contributed by atoms with Crippen LogP contribution in [0.25, 0.3) is 0 Å². The van der Waals surface area contributed by atoms with Crippen LogP contribution in [0.4, 0.5) is 16.2 Å². The van der Waals surface area contributed by atoms with Gasteiger partial charge in [0.25, 0.3) is 0 Å². The number of carbonyl (C=O) groups is 2. The van der Waals surface area contributed by atoms with Crippen molar-refractivity contribution in [3.63, 3.8) is 0 Å². The van der Waals surface area contributed by atoms with Gasteiger partial charge in [0, 0.05) is 36.0 Å². The number of nitrogens with one attached hydrogen (secondary N) is 2. The van der Waals surface area contributed by atoms with Gasteiger partial charge in [-0.25, -0.2) is 13.2 Å². The molecule has 2 N–H and O–H groups in total. The van der Waals surface area contributed by atoms with E-state index in [2.05, 4.69) is 10.0 Å². The standard InChI is InChI=1S/C23H27ClN4O4S/c1-15-19(24)6-5-7-20(15)25-22(29)16(2)26-33(31,32)18-8-9-21-17(14-18)10-13-28(21)23(30)27-11-3-4-12-27/h5-9,14,16,26H,3-4,10-13H2,1-2H3,(H,25,29)/t16-/m1/s1. The number of urea groups is 1. The van der Waals surface area contributed by atoms with E-state index < -0.39 is 22.0 Å². The first kappa shape index (κ1) is 23.5. The number of halogens is 1. The van der Waals surface area contributed by atoms with E-state index in [4.69, 9.17) is 11.6 Å². The molecular weight excluding hydrogens is 464 g/mol. The van der Waals surface area contributed by atoms with E-state index in [1.807, 2.05) is 4.90 Å². The van der Waals surface area contributed by atoms with Crippen molar-refractivity contribution in [1.82, 2.24) is 9.62 Å². The molecule has 10 heteroatoms. The number of amides is 3. The molecule has 2 aliphatic rings. The van der Waals surface area contributed by atoms with Crippen LogP contribution in [-0.4, -0.2) is 50.9 Å². The summed E-state index contributed by atoms with van der Waals surface area (Å²) in [5, 5.41) is 3.22. The monoisotopic (exact) mass is 490 g/mol. The number of anilines is 2. The molecule has 33 heavy (non-hydrogen) atoms. The number of nitrogens with zero attached hydrogens (tertiary/aromatic N) is 2. The summed E-state index contributed by atoms with van der Waals surface area (Å²) in [7, 11) is -3.94. The average Bonchev–Trinajstić information content (AvgIpc) is 3.46. The predicted molar refractivity (Wildman–Crippen MR) is 128 cm³/mol. The summed E-state index contributed by atoms with van der Waals surface area (Å²) in [5.41, 5.74) is 2.78. The zero-order valence-electron chi connectivity index (χ0n) is 18.6. The van der Waals surface area contributed by atoms with Crippen LogP contribution in [0.1, 0.15) is 30.9 Å². The molecule has 0 unspecified atom stereocenters. The number of fused-ring (bicyclic) bond motifs is 1. The fraction of sp³-hybridized carbons (Fsp3) is 0.391. The first-order chi connectivity index (χ1) is 15.7. The predicted octanol–water partition coefficient (Wildman–Crippen LogP) is 3.53. The third-order valence-electron chi connectivity index (χ3n) is 6.12. The molecular formula is C23H27ClN4O4S. The van der Waals surface area contributed by atoms with Gasteiger partial charge in [0.15, 0.2) is 0 Å². The van der Waals surface area contributed by atoms with E-state index in [9.17, 15) is 18.0 Å². The van der Waals surface area contributed by atoms with Gasteiger partial charge in [-0.2, -0.15) is 4.72 Å². The fourth-order valence-electron chi connectivity index (χ4n) is 4.16. The van der Waals surface area contributed by atoms with Crippen molar-refractivity contribution in [1.29, 1.82) is 0 Å². The summed E-state index contributed by atoms with van der Waals surface area (Å²) in [5.74, 6) is -0.493. The summed E-state index contributed by atoms with van der Waals surface area (Å²) in [6, 6.07) is 8.83. The molecule has 1 saturated heterocycles. The summed E-state index contributed by atoms with van der Waals surface area (Å²) in [4.78, 5) is 29.0. The largest absolute Gasteiger partial charge is 0.324 e. The van der Waals surface area contributed by atoms with Crippen molar-refractivity contribution >= 4 is 44.9 Å². The van der Waals surface area contributed by atoms with Gasteiger partial charge in [-0.15, -0.1) is 0 Å². The van der Waals surface area contributed by atoms with Crippen molar-refractivity contribution in [3.05, 3.63) is 52.5 Å². The van der Waals surface area contributed by atoms with Gasteiger partial charge in [-0.05, 0) is 74.6 Å². The van der Waals surface area contributed by atoms with E-state index in [0.29, 0.717) is 29.2 Å². The second kappa shape index (κ2) is 9.32. The first-order valence-electron chi connectivity index (χ1n) is 10.9. The van der Waals surface area contributed by atoms with E-state index in [0.717, 1.165) is 37.2 Å². The molecule has 176 valence electrons. The maximum atomic E-state index is 12.9. The normalized spacial score (nSPS) is 16.6. The minimum atomic E-state index is -3.94. The molecule has 1 fully saturated rings. The zero-order chi connectivity index (χ0) is 23.8. The summed E-state index contributed by atoms with van der Waals surface area (Å²) >= 11 is 6.09. The summed E-state index contributed by atoms with van der Waals surface area (Å²) < 4.78 is 28.3. The summed E-state index contributed by atoms with van der Waals surface area (Å²) in [6.07, 6.45) is 2.61. The molecule has 2 aromatic rings. The lowest BCUT2D eigenvalue weighted by atomic mass is 10.2. The molecule has 3 amide bonds. The van der Waals surface area contributed by atoms with Crippen LogP contribution in [0.15, 0.2) is 41.3 Å². The third kappa shape index (κ3) is 4.85. The van der Waals surface area contributed by atoms with Gasteiger partial charge in [-0.3, -0.25) is 9.69 Å².